The Bertz CT molecular complexity index is 670. The molecule has 0 aromatic carbocycles. The lowest BCUT2D eigenvalue weighted by molar-refractivity contribution is 0.0696. The summed E-state index contributed by atoms with van der Waals surface area (Å²) in [6.07, 6.45) is 2.32. The zero-order chi connectivity index (χ0) is 14.0. The number of hydrogen-bond donors (Lipinski definition) is 1. The number of aromatic carboxylic acids is 1. The fourth-order valence-corrected chi connectivity index (χ4v) is 1.84. The van der Waals surface area contributed by atoms with Crippen LogP contribution in [0, 0.1) is 0 Å². The maximum absolute atomic E-state index is 11.8. The lowest BCUT2D eigenvalue weighted by atomic mass is 10.2. The topological polar surface area (TPSA) is 77.1 Å². The van der Waals surface area contributed by atoms with Crippen molar-refractivity contribution in [2.75, 3.05) is 0 Å². The lowest BCUT2D eigenvalue weighted by Crippen LogP contribution is -2.21. The molecule has 0 unspecified atom stereocenters. The van der Waals surface area contributed by atoms with Crippen molar-refractivity contribution in [2.24, 2.45) is 7.05 Å². The van der Waals surface area contributed by atoms with Crippen molar-refractivity contribution < 1.29 is 9.90 Å². The van der Waals surface area contributed by atoms with Crippen molar-refractivity contribution in [2.45, 2.75) is 19.9 Å². The van der Waals surface area contributed by atoms with Crippen molar-refractivity contribution in [3.05, 3.63) is 51.7 Å². The Balaban J connectivity index is 2.30. The number of pyridine rings is 1. The number of aromatic nitrogens is 3. The molecule has 19 heavy (non-hydrogen) atoms. The fraction of sp³-hybridized carbons (Fsp3) is 0.308. The van der Waals surface area contributed by atoms with Crippen molar-refractivity contribution in [1.82, 2.24) is 14.3 Å². The fourth-order valence-electron chi connectivity index (χ4n) is 1.84. The molecule has 0 aliphatic rings. The molecule has 0 saturated heterocycles. The van der Waals surface area contributed by atoms with Crippen LogP contribution in [0.5, 0.6) is 0 Å². The van der Waals surface area contributed by atoms with Gasteiger partial charge in [0.05, 0.1) is 23.5 Å². The van der Waals surface area contributed by atoms with Crippen LogP contribution in [0.3, 0.4) is 0 Å². The van der Waals surface area contributed by atoms with Crippen LogP contribution in [-0.2, 0) is 20.0 Å². The summed E-state index contributed by atoms with van der Waals surface area (Å²) in [5, 5.41) is 13.1. The lowest BCUT2D eigenvalue weighted by Gasteiger charge is -2.06. The molecule has 100 valence electrons. The number of carboxylic acid groups (broad SMARTS) is 1. The van der Waals surface area contributed by atoms with Crippen LogP contribution in [-0.4, -0.2) is 25.4 Å². The molecule has 6 nitrogen and oxygen atoms in total. The third-order valence-electron chi connectivity index (χ3n) is 2.96. The van der Waals surface area contributed by atoms with Crippen molar-refractivity contribution in [3.63, 3.8) is 0 Å². The summed E-state index contributed by atoms with van der Waals surface area (Å²) < 4.78 is 3.19. The van der Waals surface area contributed by atoms with Gasteiger partial charge in [-0.15, -0.1) is 0 Å². The van der Waals surface area contributed by atoms with Gasteiger partial charge in [-0.25, -0.2) is 4.79 Å². The van der Waals surface area contributed by atoms with E-state index >= 15 is 0 Å². The van der Waals surface area contributed by atoms with Gasteiger partial charge >= 0.3 is 5.97 Å². The molecule has 0 radical (unpaired) electrons. The van der Waals surface area contributed by atoms with Gasteiger partial charge in [-0.3, -0.25) is 9.48 Å². The molecule has 0 fully saturated rings. The molecule has 2 aromatic rings. The van der Waals surface area contributed by atoms with Crippen molar-refractivity contribution in [1.29, 1.82) is 0 Å². The van der Waals surface area contributed by atoms with Gasteiger partial charge in [0.15, 0.2) is 0 Å². The molecule has 2 rings (SSSR count). The standard InChI is InChI=1S/C13H15N3O3/c1-3-10-7-11(15(2)14-10)8-16-5-4-9(13(18)19)6-12(16)17/h4-7H,3,8H2,1-2H3,(H,18,19). The van der Waals surface area contributed by atoms with E-state index in [-0.39, 0.29) is 11.1 Å². The van der Waals surface area contributed by atoms with E-state index < -0.39 is 5.97 Å². The quantitative estimate of drug-likeness (QED) is 0.886. The van der Waals surface area contributed by atoms with Crippen LogP contribution >= 0.6 is 0 Å². The predicted octanol–water partition coefficient (Wildman–Crippen LogP) is 0.891. The monoisotopic (exact) mass is 261 g/mol. The first-order chi connectivity index (χ1) is 9.01. The Labute approximate surface area is 109 Å². The van der Waals surface area contributed by atoms with Crippen LogP contribution in [0.25, 0.3) is 0 Å². The van der Waals surface area contributed by atoms with Crippen LogP contribution < -0.4 is 5.56 Å². The minimum Gasteiger partial charge on any atom is -0.478 e. The summed E-state index contributed by atoms with van der Waals surface area (Å²) in [6.45, 7) is 2.39. The SMILES string of the molecule is CCc1cc(Cn2ccc(C(=O)O)cc2=O)n(C)n1. The van der Waals surface area contributed by atoms with Gasteiger partial charge in [-0.2, -0.15) is 5.10 Å². The van der Waals surface area contributed by atoms with E-state index in [9.17, 15) is 9.59 Å². The largest absolute Gasteiger partial charge is 0.478 e. The zero-order valence-electron chi connectivity index (χ0n) is 10.8. The van der Waals surface area contributed by atoms with E-state index in [1.165, 1.54) is 16.8 Å². The molecule has 0 saturated carbocycles. The maximum atomic E-state index is 11.8. The molecule has 1 N–H and O–H groups in total. The Morgan fingerprint density at radius 2 is 2.16 bits per heavy atom. The summed E-state index contributed by atoms with van der Waals surface area (Å²) in [4.78, 5) is 22.6. The number of aryl methyl sites for hydroxylation is 2. The summed E-state index contributed by atoms with van der Waals surface area (Å²) in [7, 11) is 1.82. The maximum Gasteiger partial charge on any atom is 0.335 e. The molecule has 0 bridgehead atoms. The second-order valence-corrected chi connectivity index (χ2v) is 4.29. The van der Waals surface area contributed by atoms with Crippen LogP contribution in [0.4, 0.5) is 0 Å². The van der Waals surface area contributed by atoms with Gasteiger partial charge in [0.2, 0.25) is 0 Å². The molecule has 6 heteroatoms. The third-order valence-corrected chi connectivity index (χ3v) is 2.96. The van der Waals surface area contributed by atoms with Crippen LogP contribution in [0.1, 0.15) is 28.7 Å². The molecule has 0 amide bonds. The molecular formula is C13H15N3O3. The number of rotatable bonds is 4. The van der Waals surface area contributed by atoms with E-state index in [1.807, 2.05) is 20.0 Å². The molecule has 0 aliphatic heterocycles. The average Bonchev–Trinajstić information content (AvgIpc) is 2.72. The van der Waals surface area contributed by atoms with E-state index in [1.54, 1.807) is 4.68 Å². The molecule has 2 heterocycles. The predicted molar refractivity (Wildman–Crippen MR) is 69.3 cm³/mol. The third kappa shape index (κ3) is 2.73. The van der Waals surface area contributed by atoms with E-state index in [4.69, 9.17) is 5.11 Å². The molecule has 0 aliphatic carbocycles. The van der Waals surface area contributed by atoms with E-state index in [0.717, 1.165) is 23.9 Å². The van der Waals surface area contributed by atoms with Gasteiger partial charge < -0.3 is 9.67 Å². The number of nitrogens with zero attached hydrogens (tertiary/aromatic N) is 3. The highest BCUT2D eigenvalue weighted by Crippen LogP contribution is 2.05. The first-order valence-corrected chi connectivity index (χ1v) is 5.97. The van der Waals surface area contributed by atoms with Gasteiger partial charge in [-0.05, 0) is 18.6 Å². The Morgan fingerprint density at radius 3 is 2.68 bits per heavy atom. The highest BCUT2D eigenvalue weighted by atomic mass is 16.4. The number of carboxylic acids is 1. The van der Waals surface area contributed by atoms with Gasteiger partial charge in [0.1, 0.15) is 0 Å². The first kappa shape index (κ1) is 13.1. The summed E-state index contributed by atoms with van der Waals surface area (Å²) in [6, 6.07) is 4.48. The summed E-state index contributed by atoms with van der Waals surface area (Å²) in [5.74, 6) is -1.10. The van der Waals surface area contributed by atoms with E-state index in [2.05, 4.69) is 5.10 Å². The molecular weight excluding hydrogens is 246 g/mol. The van der Waals surface area contributed by atoms with Crippen molar-refractivity contribution >= 4 is 5.97 Å². The molecule has 0 atom stereocenters. The zero-order valence-corrected chi connectivity index (χ0v) is 10.8. The smallest absolute Gasteiger partial charge is 0.335 e. The average molecular weight is 261 g/mol. The van der Waals surface area contributed by atoms with Crippen LogP contribution in [0.15, 0.2) is 29.2 Å². The number of hydrogen-bond acceptors (Lipinski definition) is 3. The Kier molecular flexibility index (Phi) is 3.50. The van der Waals surface area contributed by atoms with E-state index in [0.29, 0.717) is 6.54 Å². The van der Waals surface area contributed by atoms with Crippen LogP contribution in [0.2, 0.25) is 0 Å². The Hall–Kier alpha value is -2.37. The summed E-state index contributed by atoms with van der Waals surface area (Å²) in [5.41, 5.74) is 1.54. The Morgan fingerprint density at radius 1 is 1.42 bits per heavy atom. The normalized spacial score (nSPS) is 10.6. The number of carbonyl (C=O) groups is 1. The second-order valence-electron chi connectivity index (χ2n) is 4.29. The van der Waals surface area contributed by atoms with Gasteiger partial charge in [-0.1, -0.05) is 6.92 Å². The van der Waals surface area contributed by atoms with Gasteiger partial charge in [0, 0.05) is 19.3 Å². The van der Waals surface area contributed by atoms with Crippen molar-refractivity contribution in [3.8, 4) is 0 Å². The summed E-state index contributed by atoms with van der Waals surface area (Å²) >= 11 is 0. The second kappa shape index (κ2) is 5.09. The molecule has 0 spiro atoms. The highest BCUT2D eigenvalue weighted by Gasteiger charge is 2.08. The first-order valence-electron chi connectivity index (χ1n) is 5.97. The highest BCUT2D eigenvalue weighted by molar-refractivity contribution is 5.87. The molecule has 2 aromatic heterocycles. The van der Waals surface area contributed by atoms with Gasteiger partial charge in [0.25, 0.3) is 5.56 Å². The minimum atomic E-state index is -1.10. The minimum absolute atomic E-state index is 0.000466.